The van der Waals surface area contributed by atoms with E-state index >= 15 is 0 Å². The van der Waals surface area contributed by atoms with Gasteiger partial charge in [0.25, 0.3) is 0 Å². The Kier molecular flexibility index (Phi) is 2.79. The molecule has 0 amide bonds. The van der Waals surface area contributed by atoms with E-state index in [-0.39, 0.29) is 11.1 Å². The number of hydrogen-bond donors (Lipinski definition) is 2. The Morgan fingerprint density at radius 3 is 2.25 bits per heavy atom. The van der Waals surface area contributed by atoms with Crippen molar-refractivity contribution >= 4 is 0 Å². The average molecular weight is 170 g/mol. The molecule has 0 saturated heterocycles. The minimum absolute atomic E-state index is 0.179. The lowest BCUT2D eigenvalue weighted by molar-refractivity contribution is 0.222. The molecule has 3 N–H and O–H groups in total. The quantitative estimate of drug-likeness (QED) is 0.676. The Bertz CT molecular complexity index is 142. The van der Waals surface area contributed by atoms with Gasteiger partial charge in [0.15, 0.2) is 0 Å². The molecule has 0 spiro atoms. The summed E-state index contributed by atoms with van der Waals surface area (Å²) >= 11 is 0. The van der Waals surface area contributed by atoms with Gasteiger partial charge in [0.1, 0.15) is 0 Å². The zero-order valence-corrected chi connectivity index (χ0v) is 8.61. The van der Waals surface area contributed by atoms with Crippen LogP contribution in [-0.4, -0.2) is 17.6 Å². The van der Waals surface area contributed by atoms with Gasteiger partial charge in [-0.3, -0.25) is 0 Å². The van der Waals surface area contributed by atoms with E-state index in [1.54, 1.807) is 0 Å². The van der Waals surface area contributed by atoms with Crippen molar-refractivity contribution in [1.82, 2.24) is 5.32 Å². The first-order chi connectivity index (χ1) is 5.41. The molecule has 1 saturated carbocycles. The number of nitrogens with one attached hydrogen (secondary N) is 1. The normalized spacial score (nSPS) is 22.0. The van der Waals surface area contributed by atoms with Crippen LogP contribution in [0.15, 0.2) is 0 Å². The standard InChI is InChI=1S/C10H22N2/c1-9(2,3)12-8-7-10(11)5-4-6-10/h12H,4-8,11H2,1-3H3. The predicted octanol–water partition coefficient (Wildman–Crippen LogP) is 1.65. The van der Waals surface area contributed by atoms with Gasteiger partial charge in [0.2, 0.25) is 0 Å². The van der Waals surface area contributed by atoms with Crippen molar-refractivity contribution in [1.29, 1.82) is 0 Å². The molecule has 0 radical (unpaired) electrons. The van der Waals surface area contributed by atoms with Gasteiger partial charge in [-0.15, -0.1) is 0 Å². The van der Waals surface area contributed by atoms with Crippen molar-refractivity contribution in [3.63, 3.8) is 0 Å². The molecule has 2 nitrogen and oxygen atoms in total. The summed E-state index contributed by atoms with van der Waals surface area (Å²) in [4.78, 5) is 0. The van der Waals surface area contributed by atoms with E-state index < -0.39 is 0 Å². The molecule has 1 aliphatic rings. The van der Waals surface area contributed by atoms with Gasteiger partial charge >= 0.3 is 0 Å². The summed E-state index contributed by atoms with van der Waals surface area (Å²) in [6.45, 7) is 7.63. The number of rotatable bonds is 3. The highest BCUT2D eigenvalue weighted by molar-refractivity contribution is 4.93. The first-order valence-corrected chi connectivity index (χ1v) is 4.95. The van der Waals surface area contributed by atoms with Gasteiger partial charge < -0.3 is 11.1 Å². The van der Waals surface area contributed by atoms with Crippen molar-refractivity contribution in [3.05, 3.63) is 0 Å². The zero-order valence-electron chi connectivity index (χ0n) is 8.61. The van der Waals surface area contributed by atoms with E-state index in [2.05, 4.69) is 26.1 Å². The second kappa shape index (κ2) is 3.35. The molecule has 12 heavy (non-hydrogen) atoms. The van der Waals surface area contributed by atoms with Crippen LogP contribution in [0.25, 0.3) is 0 Å². The molecular formula is C10H22N2. The molecule has 0 aliphatic heterocycles. The fourth-order valence-electron chi connectivity index (χ4n) is 1.57. The number of nitrogens with two attached hydrogens (primary N) is 1. The summed E-state index contributed by atoms with van der Waals surface area (Å²) in [5.41, 5.74) is 6.51. The highest BCUT2D eigenvalue weighted by atomic mass is 14.9. The van der Waals surface area contributed by atoms with Crippen molar-refractivity contribution in [3.8, 4) is 0 Å². The van der Waals surface area contributed by atoms with Gasteiger partial charge in [-0.25, -0.2) is 0 Å². The van der Waals surface area contributed by atoms with Crippen molar-refractivity contribution in [2.45, 2.75) is 57.5 Å². The largest absolute Gasteiger partial charge is 0.325 e. The molecule has 0 aromatic heterocycles. The maximum Gasteiger partial charge on any atom is 0.0166 e. The second-order valence-corrected chi connectivity index (χ2v) is 5.14. The first-order valence-electron chi connectivity index (χ1n) is 4.95. The van der Waals surface area contributed by atoms with Gasteiger partial charge in [0, 0.05) is 11.1 Å². The summed E-state index contributed by atoms with van der Waals surface area (Å²) in [5, 5.41) is 3.47. The van der Waals surface area contributed by atoms with Crippen LogP contribution < -0.4 is 11.1 Å². The molecular weight excluding hydrogens is 148 g/mol. The Hall–Kier alpha value is -0.0800. The van der Waals surface area contributed by atoms with Crippen LogP contribution >= 0.6 is 0 Å². The third-order valence-electron chi connectivity index (χ3n) is 2.63. The van der Waals surface area contributed by atoms with Crippen molar-refractivity contribution in [2.75, 3.05) is 6.54 Å². The third-order valence-corrected chi connectivity index (χ3v) is 2.63. The van der Waals surface area contributed by atoms with Gasteiger partial charge in [-0.05, 0) is 53.0 Å². The van der Waals surface area contributed by atoms with E-state index in [1.165, 1.54) is 19.3 Å². The van der Waals surface area contributed by atoms with Crippen LogP contribution in [-0.2, 0) is 0 Å². The Labute approximate surface area is 75.9 Å². The molecule has 0 heterocycles. The Balaban J connectivity index is 2.10. The molecule has 0 aromatic carbocycles. The summed E-state index contributed by atoms with van der Waals surface area (Å²) in [6, 6.07) is 0. The fourth-order valence-corrected chi connectivity index (χ4v) is 1.57. The molecule has 1 fully saturated rings. The van der Waals surface area contributed by atoms with E-state index in [1.807, 2.05) is 0 Å². The predicted molar refractivity (Wildman–Crippen MR) is 53.1 cm³/mol. The third kappa shape index (κ3) is 3.11. The Morgan fingerprint density at radius 2 is 1.92 bits per heavy atom. The lowest BCUT2D eigenvalue weighted by atomic mass is 9.75. The van der Waals surface area contributed by atoms with E-state index in [0.717, 1.165) is 13.0 Å². The first kappa shape index (κ1) is 10.0. The van der Waals surface area contributed by atoms with Crippen LogP contribution in [0.5, 0.6) is 0 Å². The van der Waals surface area contributed by atoms with E-state index in [0.29, 0.717) is 0 Å². The molecule has 0 atom stereocenters. The summed E-state index contributed by atoms with van der Waals surface area (Å²) in [5.74, 6) is 0. The molecule has 0 aromatic rings. The van der Waals surface area contributed by atoms with Crippen molar-refractivity contribution < 1.29 is 0 Å². The topological polar surface area (TPSA) is 38.0 Å². The zero-order chi connectivity index (χ0) is 9.24. The van der Waals surface area contributed by atoms with Gasteiger partial charge in [-0.1, -0.05) is 0 Å². The Morgan fingerprint density at radius 1 is 1.33 bits per heavy atom. The highest BCUT2D eigenvalue weighted by Gasteiger charge is 2.31. The lowest BCUT2D eigenvalue weighted by Gasteiger charge is -2.39. The molecule has 2 heteroatoms. The smallest absolute Gasteiger partial charge is 0.0166 e. The van der Waals surface area contributed by atoms with Crippen LogP contribution in [0.3, 0.4) is 0 Å². The van der Waals surface area contributed by atoms with Crippen LogP contribution in [0.2, 0.25) is 0 Å². The van der Waals surface area contributed by atoms with Gasteiger partial charge in [-0.2, -0.15) is 0 Å². The fraction of sp³-hybridized carbons (Fsp3) is 1.00. The molecule has 72 valence electrons. The van der Waals surface area contributed by atoms with E-state index in [9.17, 15) is 0 Å². The van der Waals surface area contributed by atoms with E-state index in [4.69, 9.17) is 5.73 Å². The minimum atomic E-state index is 0.179. The molecule has 1 rings (SSSR count). The number of hydrogen-bond acceptors (Lipinski definition) is 2. The lowest BCUT2D eigenvalue weighted by Crippen LogP contribution is -2.49. The highest BCUT2D eigenvalue weighted by Crippen LogP contribution is 2.31. The van der Waals surface area contributed by atoms with Crippen LogP contribution in [0.4, 0.5) is 0 Å². The molecule has 0 bridgehead atoms. The minimum Gasteiger partial charge on any atom is -0.325 e. The molecule has 0 unspecified atom stereocenters. The van der Waals surface area contributed by atoms with Crippen molar-refractivity contribution in [2.24, 2.45) is 5.73 Å². The summed E-state index contributed by atoms with van der Waals surface area (Å²) in [6.07, 6.45) is 4.90. The average Bonchev–Trinajstić information content (AvgIpc) is 1.81. The SMILES string of the molecule is CC(C)(C)NCCC1(N)CCC1. The second-order valence-electron chi connectivity index (χ2n) is 5.14. The maximum absolute atomic E-state index is 6.09. The monoisotopic (exact) mass is 170 g/mol. The van der Waals surface area contributed by atoms with Gasteiger partial charge in [0.05, 0.1) is 0 Å². The molecule has 1 aliphatic carbocycles. The summed E-state index contributed by atoms with van der Waals surface area (Å²) < 4.78 is 0. The summed E-state index contributed by atoms with van der Waals surface area (Å²) in [7, 11) is 0. The maximum atomic E-state index is 6.09. The van der Waals surface area contributed by atoms with Crippen LogP contribution in [0.1, 0.15) is 46.5 Å². The van der Waals surface area contributed by atoms with Crippen LogP contribution in [0, 0.1) is 0 Å².